The maximum Gasteiger partial charge on any atom is 0.377 e. The van der Waals surface area contributed by atoms with Crippen LogP contribution in [0.25, 0.3) is 0 Å². The van der Waals surface area contributed by atoms with Crippen LogP contribution in [0.2, 0.25) is 0 Å². The SMILES string of the molecule is CCCCOC(Nc1nc(N)nc(N)n1)(OCCCC)OC(C)CCC(OC)(OC)OC. The number of ether oxygens (including phenoxy) is 6. The third kappa shape index (κ3) is 9.35. The smallest absolute Gasteiger partial charge is 0.368 e. The van der Waals surface area contributed by atoms with Crippen molar-refractivity contribution in [1.29, 1.82) is 0 Å². The molecular formula is C20H40N6O6. The molecule has 5 N–H and O–H groups in total. The average molecular weight is 461 g/mol. The lowest BCUT2D eigenvalue weighted by Gasteiger charge is -2.36. The van der Waals surface area contributed by atoms with Gasteiger partial charge in [0.2, 0.25) is 17.8 Å². The summed E-state index contributed by atoms with van der Waals surface area (Å²) < 4.78 is 34.4. The molecule has 1 aromatic rings. The summed E-state index contributed by atoms with van der Waals surface area (Å²) >= 11 is 0. The predicted octanol–water partition coefficient (Wildman–Crippen LogP) is 2.47. The summed E-state index contributed by atoms with van der Waals surface area (Å²) in [6.07, 6.45) is 2.38. The van der Waals surface area contributed by atoms with Gasteiger partial charge < -0.3 is 39.9 Å². The van der Waals surface area contributed by atoms with Crippen molar-refractivity contribution >= 4 is 17.8 Å². The Kier molecular flexibility index (Phi) is 12.6. The molecule has 1 rings (SSSR count). The van der Waals surface area contributed by atoms with Crippen LogP contribution < -0.4 is 16.8 Å². The molecule has 1 heterocycles. The van der Waals surface area contributed by atoms with Gasteiger partial charge in [0, 0.05) is 27.8 Å². The Balaban J connectivity index is 3.09. The van der Waals surface area contributed by atoms with E-state index in [1.54, 1.807) is 0 Å². The zero-order chi connectivity index (χ0) is 24.0. The molecule has 1 aromatic heterocycles. The number of methoxy groups -OCH3 is 3. The molecule has 0 amide bonds. The fourth-order valence-electron chi connectivity index (χ4n) is 2.78. The molecule has 0 saturated carbocycles. The number of hydrogen-bond acceptors (Lipinski definition) is 12. The number of nitrogens with two attached hydrogens (primary N) is 2. The Morgan fingerprint density at radius 2 is 1.38 bits per heavy atom. The van der Waals surface area contributed by atoms with Crippen molar-refractivity contribution in [1.82, 2.24) is 15.0 Å². The molecule has 0 radical (unpaired) electrons. The van der Waals surface area contributed by atoms with Gasteiger partial charge in [0.1, 0.15) is 0 Å². The second-order valence-electron chi connectivity index (χ2n) is 7.22. The van der Waals surface area contributed by atoms with Gasteiger partial charge in [-0.25, -0.2) is 0 Å². The van der Waals surface area contributed by atoms with E-state index in [2.05, 4.69) is 34.1 Å². The van der Waals surface area contributed by atoms with Crippen LogP contribution in [0.15, 0.2) is 0 Å². The normalized spacial score (nSPS) is 13.3. The van der Waals surface area contributed by atoms with Crippen LogP contribution in [0, 0.1) is 0 Å². The van der Waals surface area contributed by atoms with E-state index >= 15 is 0 Å². The summed E-state index contributed by atoms with van der Waals surface area (Å²) in [6, 6.07) is 0. The molecule has 0 saturated heterocycles. The molecule has 0 aliphatic heterocycles. The summed E-state index contributed by atoms with van der Waals surface area (Å²) in [5.41, 5.74) is 11.4. The summed E-state index contributed by atoms with van der Waals surface area (Å²) in [5, 5.41) is 2.98. The topological polar surface area (TPSA) is 158 Å². The van der Waals surface area contributed by atoms with E-state index < -0.39 is 12.1 Å². The highest BCUT2D eigenvalue weighted by molar-refractivity contribution is 5.37. The first-order valence-electron chi connectivity index (χ1n) is 10.9. The molecule has 186 valence electrons. The summed E-state index contributed by atoms with van der Waals surface area (Å²) in [4.78, 5) is 11.9. The lowest BCUT2D eigenvalue weighted by Crippen LogP contribution is -2.50. The number of nitrogens with zero attached hydrogens (tertiary/aromatic N) is 3. The number of aromatic nitrogens is 3. The maximum atomic E-state index is 6.24. The van der Waals surface area contributed by atoms with Gasteiger partial charge in [0.05, 0.1) is 19.3 Å². The largest absolute Gasteiger partial charge is 0.377 e. The van der Waals surface area contributed by atoms with Crippen molar-refractivity contribution < 1.29 is 28.4 Å². The fraction of sp³-hybridized carbons (Fsp3) is 0.850. The van der Waals surface area contributed by atoms with Gasteiger partial charge in [-0.15, -0.1) is 0 Å². The first-order chi connectivity index (χ1) is 15.3. The minimum absolute atomic E-state index is 0.0332. The molecule has 0 aliphatic rings. The highest BCUT2D eigenvalue weighted by atomic mass is 16.9. The minimum atomic E-state index is -1.65. The first-order valence-corrected chi connectivity index (χ1v) is 10.9. The quantitative estimate of drug-likeness (QED) is 0.217. The van der Waals surface area contributed by atoms with Crippen LogP contribution in [0.5, 0.6) is 0 Å². The third-order valence-corrected chi connectivity index (χ3v) is 4.66. The number of nitrogens with one attached hydrogen (secondary N) is 1. The van der Waals surface area contributed by atoms with Crippen LogP contribution in [-0.2, 0) is 28.4 Å². The van der Waals surface area contributed by atoms with E-state index in [0.29, 0.717) is 26.1 Å². The molecule has 32 heavy (non-hydrogen) atoms. The number of nitrogen functional groups attached to an aromatic ring is 2. The number of anilines is 3. The van der Waals surface area contributed by atoms with Gasteiger partial charge in [-0.2, -0.15) is 15.0 Å². The predicted molar refractivity (Wildman–Crippen MR) is 120 cm³/mol. The molecular weight excluding hydrogens is 420 g/mol. The number of hydrogen-bond donors (Lipinski definition) is 3. The standard InChI is InChI=1S/C20H40N6O6/c1-7-9-13-30-20(31-14-10-8-2,26-18-24-16(21)23-17(22)25-18)32-15(3)11-12-19(27-4,28-5)29-6/h15H,7-14H2,1-6H3,(H5,21,22,23,24,25,26). The molecule has 0 bridgehead atoms. The minimum Gasteiger partial charge on any atom is -0.368 e. The second kappa shape index (κ2) is 14.3. The number of rotatable bonds is 18. The molecule has 12 heteroatoms. The molecule has 1 unspecified atom stereocenters. The first kappa shape index (κ1) is 28.2. The van der Waals surface area contributed by atoms with Gasteiger partial charge in [-0.3, -0.25) is 5.32 Å². The van der Waals surface area contributed by atoms with E-state index in [1.165, 1.54) is 21.3 Å². The number of unbranched alkanes of at least 4 members (excludes halogenated alkanes) is 2. The van der Waals surface area contributed by atoms with Crippen LogP contribution in [-0.4, -0.2) is 67.7 Å². The molecule has 0 spiro atoms. The van der Waals surface area contributed by atoms with E-state index in [-0.39, 0.29) is 23.9 Å². The summed E-state index contributed by atoms with van der Waals surface area (Å²) in [7, 11) is 4.55. The Hall–Kier alpha value is -1.83. The van der Waals surface area contributed by atoms with Crippen LogP contribution >= 0.6 is 0 Å². The zero-order valence-electron chi connectivity index (χ0n) is 20.2. The van der Waals surface area contributed by atoms with Crippen molar-refractivity contribution in [3.05, 3.63) is 0 Å². The monoisotopic (exact) mass is 460 g/mol. The second-order valence-corrected chi connectivity index (χ2v) is 7.22. The Labute approximate surface area is 190 Å². The van der Waals surface area contributed by atoms with Gasteiger partial charge in [0.25, 0.3) is 5.97 Å². The lowest BCUT2D eigenvalue weighted by atomic mass is 10.2. The van der Waals surface area contributed by atoms with Gasteiger partial charge in [-0.05, 0) is 26.2 Å². The summed E-state index contributed by atoms with van der Waals surface area (Å²) in [6.45, 7) is 6.78. The van der Waals surface area contributed by atoms with Gasteiger partial charge in [0.15, 0.2) is 0 Å². The van der Waals surface area contributed by atoms with E-state index in [9.17, 15) is 0 Å². The highest BCUT2D eigenvalue weighted by Gasteiger charge is 2.39. The Morgan fingerprint density at radius 1 is 0.875 bits per heavy atom. The van der Waals surface area contributed by atoms with Crippen LogP contribution in [0.4, 0.5) is 17.8 Å². The maximum absolute atomic E-state index is 6.24. The van der Waals surface area contributed by atoms with Crippen molar-refractivity contribution in [2.45, 2.75) is 77.5 Å². The lowest BCUT2D eigenvalue weighted by molar-refractivity contribution is -0.383. The van der Waals surface area contributed by atoms with Crippen molar-refractivity contribution in [3.63, 3.8) is 0 Å². The molecule has 12 nitrogen and oxygen atoms in total. The van der Waals surface area contributed by atoms with Gasteiger partial charge >= 0.3 is 6.10 Å². The summed E-state index contributed by atoms with van der Waals surface area (Å²) in [5.74, 6) is -1.16. The van der Waals surface area contributed by atoms with Crippen LogP contribution in [0.1, 0.15) is 59.3 Å². The van der Waals surface area contributed by atoms with Crippen molar-refractivity contribution in [3.8, 4) is 0 Å². The van der Waals surface area contributed by atoms with Gasteiger partial charge in [-0.1, -0.05) is 26.7 Å². The van der Waals surface area contributed by atoms with Crippen molar-refractivity contribution in [2.24, 2.45) is 0 Å². The average Bonchev–Trinajstić information content (AvgIpc) is 2.75. The Bertz CT molecular complexity index is 610. The molecule has 1 atom stereocenters. The molecule has 0 aromatic carbocycles. The Morgan fingerprint density at radius 3 is 1.81 bits per heavy atom. The fourth-order valence-corrected chi connectivity index (χ4v) is 2.78. The molecule has 0 fully saturated rings. The van der Waals surface area contributed by atoms with E-state index in [1.807, 2.05) is 6.92 Å². The van der Waals surface area contributed by atoms with Crippen LogP contribution in [0.3, 0.4) is 0 Å². The third-order valence-electron chi connectivity index (χ3n) is 4.66. The molecule has 0 aliphatic carbocycles. The highest BCUT2D eigenvalue weighted by Crippen LogP contribution is 2.26. The zero-order valence-corrected chi connectivity index (χ0v) is 20.2. The van der Waals surface area contributed by atoms with E-state index in [0.717, 1.165) is 25.7 Å². The van der Waals surface area contributed by atoms with Crippen molar-refractivity contribution in [2.75, 3.05) is 51.3 Å². The van der Waals surface area contributed by atoms with E-state index in [4.69, 9.17) is 39.9 Å².